The fraction of sp³-hybridized carbons (Fsp3) is 0.190. The van der Waals surface area contributed by atoms with E-state index in [2.05, 4.69) is 52.5 Å². The molecule has 0 amide bonds. The second kappa shape index (κ2) is 6.49. The molecule has 128 valence electrons. The number of nitriles is 1. The minimum atomic E-state index is 0.334. The Balaban J connectivity index is 1.73. The van der Waals surface area contributed by atoms with Gasteiger partial charge in [0.2, 0.25) is 5.95 Å². The van der Waals surface area contributed by atoms with Crippen molar-refractivity contribution >= 4 is 23.1 Å². The van der Waals surface area contributed by atoms with Crippen molar-refractivity contribution in [1.82, 2.24) is 9.97 Å². The minimum Gasteiger partial charge on any atom is -0.323 e. The molecule has 1 atom stereocenters. The molecule has 0 radical (unpaired) electrons. The zero-order chi connectivity index (χ0) is 18.1. The SMILES string of the molecule is Cc1cc(N2c3ccccc3CC2C)nc(Nc2ccccc2C#N)n1. The Morgan fingerprint density at radius 2 is 1.88 bits per heavy atom. The van der Waals surface area contributed by atoms with E-state index in [1.165, 1.54) is 11.3 Å². The topological polar surface area (TPSA) is 64.8 Å². The number of nitrogens with one attached hydrogen (secondary N) is 1. The third-order valence-corrected chi connectivity index (χ3v) is 4.59. The number of anilines is 4. The highest BCUT2D eigenvalue weighted by atomic mass is 15.3. The van der Waals surface area contributed by atoms with Gasteiger partial charge in [-0.1, -0.05) is 30.3 Å². The van der Waals surface area contributed by atoms with Crippen LogP contribution in [0.15, 0.2) is 54.6 Å². The van der Waals surface area contributed by atoms with Crippen LogP contribution in [0, 0.1) is 18.3 Å². The van der Waals surface area contributed by atoms with Gasteiger partial charge in [0, 0.05) is 23.5 Å². The lowest BCUT2D eigenvalue weighted by molar-refractivity contribution is 0.749. The van der Waals surface area contributed by atoms with E-state index < -0.39 is 0 Å². The fourth-order valence-corrected chi connectivity index (χ4v) is 3.46. The van der Waals surface area contributed by atoms with Crippen molar-refractivity contribution in [2.24, 2.45) is 0 Å². The standard InChI is InChI=1S/C21H19N5/c1-14-11-20(26-15(2)12-16-7-4-6-10-19(16)26)25-21(23-14)24-18-9-5-3-8-17(18)13-22/h3-11,15H,12H2,1-2H3,(H,23,24,25). The van der Waals surface area contributed by atoms with Crippen LogP contribution in [0.25, 0.3) is 0 Å². The average molecular weight is 341 g/mol. The van der Waals surface area contributed by atoms with Crippen molar-refractivity contribution in [2.75, 3.05) is 10.2 Å². The third-order valence-electron chi connectivity index (χ3n) is 4.59. The third kappa shape index (κ3) is 2.86. The normalized spacial score (nSPS) is 15.4. The maximum atomic E-state index is 9.28. The van der Waals surface area contributed by atoms with E-state index in [-0.39, 0.29) is 0 Å². The average Bonchev–Trinajstić information content (AvgIpc) is 2.97. The summed E-state index contributed by atoms with van der Waals surface area (Å²) in [6.07, 6.45) is 0.999. The molecule has 3 aromatic rings. The van der Waals surface area contributed by atoms with Crippen LogP contribution >= 0.6 is 0 Å². The number of nitrogens with zero attached hydrogens (tertiary/aromatic N) is 4. The monoisotopic (exact) mass is 341 g/mol. The second-order valence-corrected chi connectivity index (χ2v) is 6.53. The number of aryl methyl sites for hydroxylation is 1. The van der Waals surface area contributed by atoms with E-state index in [0.29, 0.717) is 23.2 Å². The predicted octanol–water partition coefficient (Wildman–Crippen LogP) is 4.48. The molecule has 5 heteroatoms. The van der Waals surface area contributed by atoms with Gasteiger partial charge in [0.1, 0.15) is 11.9 Å². The van der Waals surface area contributed by atoms with Crippen molar-refractivity contribution in [1.29, 1.82) is 5.26 Å². The largest absolute Gasteiger partial charge is 0.323 e. The summed E-state index contributed by atoms with van der Waals surface area (Å²) < 4.78 is 0. The molecule has 0 fully saturated rings. The number of rotatable bonds is 3. The first-order valence-corrected chi connectivity index (χ1v) is 8.64. The maximum absolute atomic E-state index is 9.28. The Morgan fingerprint density at radius 1 is 1.12 bits per heavy atom. The highest BCUT2D eigenvalue weighted by molar-refractivity contribution is 5.70. The summed E-state index contributed by atoms with van der Waals surface area (Å²) in [5.41, 5.74) is 4.69. The molecule has 1 unspecified atom stereocenters. The maximum Gasteiger partial charge on any atom is 0.229 e. The van der Waals surface area contributed by atoms with E-state index in [1.54, 1.807) is 6.07 Å². The van der Waals surface area contributed by atoms with Crippen LogP contribution in [0.2, 0.25) is 0 Å². The molecule has 1 aliphatic heterocycles. The molecule has 26 heavy (non-hydrogen) atoms. The van der Waals surface area contributed by atoms with E-state index in [4.69, 9.17) is 4.98 Å². The van der Waals surface area contributed by atoms with Gasteiger partial charge in [-0.05, 0) is 44.0 Å². The molecular formula is C21H19N5. The first kappa shape index (κ1) is 16.1. The first-order valence-electron chi connectivity index (χ1n) is 8.64. The molecule has 5 nitrogen and oxygen atoms in total. The lowest BCUT2D eigenvalue weighted by atomic mass is 10.1. The number of fused-ring (bicyclic) bond motifs is 1. The molecule has 2 aromatic carbocycles. The van der Waals surface area contributed by atoms with Crippen LogP contribution in [0.4, 0.5) is 23.1 Å². The Kier molecular flexibility index (Phi) is 4.02. The Morgan fingerprint density at radius 3 is 2.73 bits per heavy atom. The van der Waals surface area contributed by atoms with Gasteiger partial charge in [0.25, 0.3) is 0 Å². The summed E-state index contributed by atoms with van der Waals surface area (Å²) in [7, 11) is 0. The molecule has 0 aliphatic carbocycles. The van der Waals surface area contributed by atoms with E-state index in [1.807, 2.05) is 31.2 Å². The molecule has 1 aliphatic rings. The predicted molar refractivity (Wildman–Crippen MR) is 103 cm³/mol. The summed E-state index contributed by atoms with van der Waals surface area (Å²) >= 11 is 0. The minimum absolute atomic E-state index is 0.334. The number of para-hydroxylation sites is 2. The van der Waals surface area contributed by atoms with E-state index in [9.17, 15) is 5.26 Å². The molecule has 0 bridgehead atoms. The lowest BCUT2D eigenvalue weighted by Gasteiger charge is -2.24. The second-order valence-electron chi connectivity index (χ2n) is 6.53. The van der Waals surface area contributed by atoms with Gasteiger partial charge in [-0.25, -0.2) is 4.98 Å². The van der Waals surface area contributed by atoms with Crippen LogP contribution in [0.5, 0.6) is 0 Å². The fourth-order valence-electron chi connectivity index (χ4n) is 3.46. The number of aromatic nitrogens is 2. The Bertz CT molecular complexity index is 1010. The van der Waals surface area contributed by atoms with E-state index >= 15 is 0 Å². The van der Waals surface area contributed by atoms with E-state index in [0.717, 1.165) is 17.9 Å². The van der Waals surface area contributed by atoms with Crippen molar-refractivity contribution in [3.63, 3.8) is 0 Å². The van der Waals surface area contributed by atoms with Crippen molar-refractivity contribution in [2.45, 2.75) is 26.3 Å². The van der Waals surface area contributed by atoms with Crippen LogP contribution in [0.1, 0.15) is 23.7 Å². The molecule has 0 spiro atoms. The summed E-state index contributed by atoms with van der Waals surface area (Å²) in [4.78, 5) is 11.5. The quantitative estimate of drug-likeness (QED) is 0.761. The molecule has 2 heterocycles. The van der Waals surface area contributed by atoms with Crippen LogP contribution < -0.4 is 10.2 Å². The van der Waals surface area contributed by atoms with Gasteiger partial charge >= 0.3 is 0 Å². The zero-order valence-electron chi connectivity index (χ0n) is 14.8. The highest BCUT2D eigenvalue weighted by Gasteiger charge is 2.28. The molecule has 1 aromatic heterocycles. The van der Waals surface area contributed by atoms with Crippen LogP contribution in [-0.4, -0.2) is 16.0 Å². The van der Waals surface area contributed by atoms with Crippen molar-refractivity contribution in [3.05, 3.63) is 71.4 Å². The zero-order valence-corrected chi connectivity index (χ0v) is 14.8. The van der Waals surface area contributed by atoms with Crippen molar-refractivity contribution in [3.8, 4) is 6.07 Å². The number of hydrogen-bond acceptors (Lipinski definition) is 5. The van der Waals surface area contributed by atoms with Gasteiger partial charge in [-0.2, -0.15) is 10.2 Å². The molecule has 1 N–H and O–H groups in total. The highest BCUT2D eigenvalue weighted by Crippen LogP contribution is 2.37. The summed E-state index contributed by atoms with van der Waals surface area (Å²) in [6.45, 7) is 4.16. The molecular weight excluding hydrogens is 322 g/mol. The van der Waals surface area contributed by atoms with Gasteiger partial charge in [-0.3, -0.25) is 0 Å². The summed E-state index contributed by atoms with van der Waals surface area (Å²) in [6, 6.07) is 20.3. The van der Waals surface area contributed by atoms with Gasteiger partial charge in [0.15, 0.2) is 0 Å². The van der Waals surface area contributed by atoms with Gasteiger partial charge in [0.05, 0.1) is 11.3 Å². The Labute approximate surface area is 153 Å². The van der Waals surface area contributed by atoms with Crippen molar-refractivity contribution < 1.29 is 0 Å². The smallest absolute Gasteiger partial charge is 0.229 e. The molecule has 0 saturated heterocycles. The van der Waals surface area contributed by atoms with Crippen LogP contribution in [-0.2, 0) is 6.42 Å². The lowest BCUT2D eigenvalue weighted by Crippen LogP contribution is -2.25. The van der Waals surface area contributed by atoms with Gasteiger partial charge in [-0.15, -0.1) is 0 Å². The Hall–Kier alpha value is -3.39. The summed E-state index contributed by atoms with van der Waals surface area (Å²) in [5.74, 6) is 1.37. The number of hydrogen-bond donors (Lipinski definition) is 1. The summed E-state index contributed by atoms with van der Waals surface area (Å²) in [5, 5.41) is 12.5. The van der Waals surface area contributed by atoms with Gasteiger partial charge < -0.3 is 10.2 Å². The number of benzene rings is 2. The molecule has 0 saturated carbocycles. The molecule has 4 rings (SSSR count). The van der Waals surface area contributed by atoms with Crippen LogP contribution in [0.3, 0.4) is 0 Å². The first-order chi connectivity index (χ1) is 12.7.